The smallest absolute Gasteiger partial charge is 0.208 e. The first-order chi connectivity index (χ1) is 13.2. The fourth-order valence-corrected chi connectivity index (χ4v) is 3.53. The lowest BCUT2D eigenvalue weighted by molar-refractivity contribution is 0.0994. The predicted octanol–water partition coefficient (Wildman–Crippen LogP) is 4.21. The third-order valence-electron chi connectivity index (χ3n) is 4.22. The average Bonchev–Trinajstić information content (AvgIpc) is 3.30. The Hall–Kier alpha value is -3.06. The predicted molar refractivity (Wildman–Crippen MR) is 104 cm³/mol. The van der Waals surface area contributed by atoms with Gasteiger partial charge in [0.2, 0.25) is 5.78 Å². The maximum atomic E-state index is 12.5. The number of methoxy groups -OCH3 is 1. The van der Waals surface area contributed by atoms with Crippen molar-refractivity contribution >= 4 is 28.5 Å². The number of nitrogens with zero attached hydrogens (tertiary/aromatic N) is 3. The highest BCUT2D eigenvalue weighted by molar-refractivity contribution is 7.99. The van der Waals surface area contributed by atoms with Gasteiger partial charge >= 0.3 is 0 Å². The number of fused-ring (bicyclic) bond motifs is 1. The highest BCUT2D eigenvalue weighted by atomic mass is 32.2. The van der Waals surface area contributed by atoms with E-state index in [1.807, 2.05) is 60.1 Å². The molecule has 136 valence electrons. The number of ether oxygens (including phenoxy) is 1. The summed E-state index contributed by atoms with van der Waals surface area (Å²) in [6.07, 6.45) is 0. The second-order valence-electron chi connectivity index (χ2n) is 5.95. The van der Waals surface area contributed by atoms with Gasteiger partial charge in [-0.1, -0.05) is 30.0 Å². The minimum atomic E-state index is -0.0785. The molecule has 0 amide bonds. The number of hydrogen-bond acceptors (Lipinski definition) is 6. The fraction of sp³-hybridized carbons (Fsp3) is 0.150. The molecule has 0 radical (unpaired) electrons. The third-order valence-corrected chi connectivity index (χ3v) is 5.24. The van der Waals surface area contributed by atoms with Crippen molar-refractivity contribution in [1.29, 1.82) is 0 Å². The van der Waals surface area contributed by atoms with Gasteiger partial charge < -0.3 is 13.7 Å². The molecule has 2 heterocycles. The van der Waals surface area contributed by atoms with Crippen LogP contribution >= 0.6 is 11.8 Å². The Morgan fingerprint density at radius 3 is 2.67 bits per heavy atom. The molecule has 0 N–H and O–H groups in total. The molecule has 0 unspecified atom stereocenters. The average molecular weight is 379 g/mol. The van der Waals surface area contributed by atoms with Gasteiger partial charge in [-0.3, -0.25) is 4.79 Å². The Balaban J connectivity index is 1.48. The van der Waals surface area contributed by atoms with Crippen LogP contribution in [0.3, 0.4) is 0 Å². The summed E-state index contributed by atoms with van der Waals surface area (Å²) in [7, 11) is 3.51. The van der Waals surface area contributed by atoms with Crippen LogP contribution in [0, 0.1) is 0 Å². The number of ketones is 1. The zero-order valence-corrected chi connectivity index (χ0v) is 15.7. The van der Waals surface area contributed by atoms with E-state index >= 15 is 0 Å². The van der Waals surface area contributed by atoms with Crippen molar-refractivity contribution < 1.29 is 13.9 Å². The van der Waals surface area contributed by atoms with Gasteiger partial charge in [-0.25, -0.2) is 0 Å². The van der Waals surface area contributed by atoms with E-state index in [-0.39, 0.29) is 11.5 Å². The van der Waals surface area contributed by atoms with Gasteiger partial charge in [0.05, 0.1) is 12.9 Å². The zero-order valence-electron chi connectivity index (χ0n) is 14.9. The molecule has 0 saturated carbocycles. The van der Waals surface area contributed by atoms with E-state index < -0.39 is 0 Å². The van der Waals surface area contributed by atoms with Crippen LogP contribution in [0.5, 0.6) is 5.75 Å². The van der Waals surface area contributed by atoms with Gasteiger partial charge in [-0.2, -0.15) is 0 Å². The Morgan fingerprint density at radius 2 is 1.93 bits per heavy atom. The molecule has 6 nitrogen and oxygen atoms in total. The number of rotatable bonds is 6. The quantitative estimate of drug-likeness (QED) is 0.369. The number of hydrogen-bond donors (Lipinski definition) is 0. The number of aromatic nitrogens is 3. The Kier molecular flexibility index (Phi) is 4.68. The van der Waals surface area contributed by atoms with E-state index in [4.69, 9.17) is 9.15 Å². The van der Waals surface area contributed by atoms with Gasteiger partial charge in [-0.05, 0) is 36.4 Å². The summed E-state index contributed by atoms with van der Waals surface area (Å²) in [5, 5.41) is 10.0. The SMILES string of the molecule is COc1ccc(-c2nnc(SCC(=O)c3cc4ccccc4o3)n2C)cc1. The molecule has 2 aromatic heterocycles. The van der Waals surface area contributed by atoms with Crippen LogP contribution in [0.1, 0.15) is 10.6 Å². The Labute approximate surface area is 160 Å². The summed E-state index contributed by atoms with van der Waals surface area (Å²) >= 11 is 1.34. The molecule has 4 rings (SSSR count). The summed E-state index contributed by atoms with van der Waals surface area (Å²) < 4.78 is 12.7. The number of furan rings is 1. The lowest BCUT2D eigenvalue weighted by atomic mass is 10.2. The van der Waals surface area contributed by atoms with Gasteiger partial charge in [0.1, 0.15) is 11.3 Å². The molecule has 0 fully saturated rings. The summed E-state index contributed by atoms with van der Waals surface area (Å²) in [6, 6.07) is 17.0. The first-order valence-electron chi connectivity index (χ1n) is 8.34. The lowest BCUT2D eigenvalue weighted by Gasteiger charge is -2.04. The minimum Gasteiger partial charge on any atom is -0.497 e. The van der Waals surface area contributed by atoms with Crippen molar-refractivity contribution in [2.24, 2.45) is 7.05 Å². The summed E-state index contributed by atoms with van der Waals surface area (Å²) in [5.41, 5.74) is 1.65. The molecule has 0 aliphatic rings. The monoisotopic (exact) mass is 379 g/mol. The molecule has 0 atom stereocenters. The van der Waals surface area contributed by atoms with E-state index in [1.54, 1.807) is 13.2 Å². The Bertz CT molecular complexity index is 1070. The van der Waals surface area contributed by atoms with Crippen LogP contribution in [0.4, 0.5) is 0 Å². The highest BCUT2D eigenvalue weighted by Crippen LogP contribution is 2.26. The van der Waals surface area contributed by atoms with E-state index in [0.29, 0.717) is 16.5 Å². The number of thioether (sulfide) groups is 1. The molecule has 7 heteroatoms. The van der Waals surface area contributed by atoms with E-state index in [0.717, 1.165) is 22.5 Å². The number of carbonyl (C=O) groups is 1. The van der Waals surface area contributed by atoms with Crippen molar-refractivity contribution in [3.63, 3.8) is 0 Å². The van der Waals surface area contributed by atoms with Crippen LogP contribution in [0.15, 0.2) is 64.2 Å². The number of benzene rings is 2. The molecule has 0 saturated heterocycles. The summed E-state index contributed by atoms with van der Waals surface area (Å²) in [6.45, 7) is 0. The highest BCUT2D eigenvalue weighted by Gasteiger charge is 2.16. The topological polar surface area (TPSA) is 70.2 Å². The van der Waals surface area contributed by atoms with Crippen LogP contribution < -0.4 is 4.74 Å². The van der Waals surface area contributed by atoms with Crippen molar-refractivity contribution in [3.05, 3.63) is 60.4 Å². The minimum absolute atomic E-state index is 0.0785. The largest absolute Gasteiger partial charge is 0.497 e. The Morgan fingerprint density at radius 1 is 1.15 bits per heavy atom. The molecular weight excluding hydrogens is 362 g/mol. The maximum absolute atomic E-state index is 12.5. The van der Waals surface area contributed by atoms with Crippen molar-refractivity contribution in [2.45, 2.75) is 5.16 Å². The van der Waals surface area contributed by atoms with Crippen LogP contribution in [-0.4, -0.2) is 33.4 Å². The van der Waals surface area contributed by atoms with Crippen LogP contribution in [0.25, 0.3) is 22.4 Å². The normalized spacial score (nSPS) is 11.0. The number of Topliss-reactive ketones (excluding diaryl/α,β-unsaturated/α-hetero) is 1. The van der Waals surface area contributed by atoms with Gasteiger partial charge in [0.15, 0.2) is 16.7 Å². The van der Waals surface area contributed by atoms with Gasteiger partial charge in [-0.15, -0.1) is 10.2 Å². The summed E-state index contributed by atoms with van der Waals surface area (Å²) in [5.74, 6) is 2.03. The third kappa shape index (κ3) is 3.46. The lowest BCUT2D eigenvalue weighted by Crippen LogP contribution is -2.02. The second-order valence-corrected chi connectivity index (χ2v) is 6.90. The number of carbonyl (C=O) groups excluding carboxylic acids is 1. The maximum Gasteiger partial charge on any atom is 0.208 e. The summed E-state index contributed by atoms with van der Waals surface area (Å²) in [4.78, 5) is 12.5. The van der Waals surface area contributed by atoms with E-state index in [1.165, 1.54) is 11.8 Å². The van der Waals surface area contributed by atoms with Crippen LogP contribution in [0.2, 0.25) is 0 Å². The molecule has 0 spiro atoms. The molecular formula is C20H17N3O3S. The van der Waals surface area contributed by atoms with E-state index in [2.05, 4.69) is 10.2 Å². The second kappa shape index (κ2) is 7.28. The van der Waals surface area contributed by atoms with E-state index in [9.17, 15) is 4.79 Å². The van der Waals surface area contributed by atoms with Crippen LogP contribution in [-0.2, 0) is 7.05 Å². The standard InChI is InChI=1S/C20H17N3O3S/c1-23-19(13-7-9-15(25-2)10-8-13)21-22-20(23)27-12-16(24)18-11-14-5-3-4-6-17(14)26-18/h3-11H,12H2,1-2H3. The molecule has 4 aromatic rings. The fourth-order valence-electron chi connectivity index (χ4n) is 2.75. The molecule has 0 aliphatic carbocycles. The van der Waals surface area contributed by atoms with Crippen molar-refractivity contribution in [2.75, 3.05) is 12.9 Å². The van der Waals surface area contributed by atoms with Gasteiger partial charge in [0, 0.05) is 18.0 Å². The first kappa shape index (κ1) is 17.4. The van der Waals surface area contributed by atoms with Crippen molar-refractivity contribution in [3.8, 4) is 17.1 Å². The molecule has 27 heavy (non-hydrogen) atoms. The molecule has 0 aliphatic heterocycles. The molecule has 2 aromatic carbocycles. The number of para-hydroxylation sites is 1. The van der Waals surface area contributed by atoms with Crippen molar-refractivity contribution in [1.82, 2.24) is 14.8 Å². The molecule has 0 bridgehead atoms. The first-order valence-corrected chi connectivity index (χ1v) is 9.32. The zero-order chi connectivity index (χ0) is 18.8. The van der Waals surface area contributed by atoms with Gasteiger partial charge in [0.25, 0.3) is 0 Å².